The van der Waals surface area contributed by atoms with Crippen molar-refractivity contribution in [2.45, 2.75) is 61.3 Å². The second-order valence-corrected chi connectivity index (χ2v) is 9.74. The van der Waals surface area contributed by atoms with Crippen LogP contribution in [0.3, 0.4) is 0 Å². The average Bonchev–Trinajstić information content (AvgIpc) is 2.89. The molecular formula is C25H33N3O. The third-order valence-electron chi connectivity index (χ3n) is 5.03. The molecule has 0 aliphatic carbocycles. The van der Waals surface area contributed by atoms with Crippen LogP contribution in [0.25, 0.3) is 16.9 Å². The number of nitrogens with one attached hydrogen (secondary N) is 1. The molecule has 1 amide bonds. The molecule has 1 unspecified atom stereocenters. The van der Waals surface area contributed by atoms with Gasteiger partial charge in [0.1, 0.15) is 17.2 Å². The SMILES string of the molecule is Cc1cc(C)cc(-c2nc3cc(C)ccn3c2NC(=O)CC(C)CC(C)(C)C)c1. The lowest BCUT2D eigenvalue weighted by Crippen LogP contribution is -2.19. The molecule has 0 aliphatic rings. The molecule has 1 atom stereocenters. The third kappa shape index (κ3) is 5.26. The summed E-state index contributed by atoms with van der Waals surface area (Å²) in [6.07, 6.45) is 3.50. The van der Waals surface area contributed by atoms with Gasteiger partial charge in [-0.05, 0) is 68.4 Å². The Kier molecular flexibility index (Phi) is 5.83. The lowest BCUT2D eigenvalue weighted by Gasteiger charge is -2.22. The number of carbonyl (C=O) groups is 1. The van der Waals surface area contributed by atoms with Crippen molar-refractivity contribution in [1.29, 1.82) is 0 Å². The molecule has 3 aromatic rings. The van der Waals surface area contributed by atoms with Crippen molar-refractivity contribution in [3.8, 4) is 11.3 Å². The number of nitrogens with zero attached hydrogens (tertiary/aromatic N) is 2. The number of fused-ring (bicyclic) bond motifs is 1. The van der Waals surface area contributed by atoms with Gasteiger partial charge in [-0.15, -0.1) is 0 Å². The van der Waals surface area contributed by atoms with Crippen LogP contribution in [0.2, 0.25) is 0 Å². The van der Waals surface area contributed by atoms with Crippen LogP contribution in [0.4, 0.5) is 5.82 Å². The number of aryl methyl sites for hydroxylation is 3. The molecule has 2 heterocycles. The Balaban J connectivity index is 1.98. The summed E-state index contributed by atoms with van der Waals surface area (Å²) < 4.78 is 1.98. The fourth-order valence-corrected chi connectivity index (χ4v) is 4.20. The van der Waals surface area contributed by atoms with E-state index in [-0.39, 0.29) is 11.3 Å². The maximum absolute atomic E-state index is 12.9. The van der Waals surface area contributed by atoms with Crippen molar-refractivity contribution in [1.82, 2.24) is 9.38 Å². The second kappa shape index (κ2) is 8.02. The molecule has 4 nitrogen and oxygen atoms in total. The van der Waals surface area contributed by atoms with Gasteiger partial charge in [0.25, 0.3) is 0 Å². The molecule has 0 radical (unpaired) electrons. The summed E-state index contributed by atoms with van der Waals surface area (Å²) in [6, 6.07) is 10.5. The van der Waals surface area contributed by atoms with Crippen LogP contribution in [0.1, 0.15) is 57.2 Å². The minimum Gasteiger partial charge on any atom is -0.310 e. The van der Waals surface area contributed by atoms with E-state index in [0.29, 0.717) is 12.3 Å². The first kappa shape index (κ1) is 21.1. The van der Waals surface area contributed by atoms with Crippen molar-refractivity contribution in [2.24, 2.45) is 11.3 Å². The summed E-state index contributed by atoms with van der Waals surface area (Å²) in [7, 11) is 0. The highest BCUT2D eigenvalue weighted by Crippen LogP contribution is 2.31. The molecule has 3 rings (SSSR count). The van der Waals surface area contributed by atoms with Gasteiger partial charge in [-0.2, -0.15) is 0 Å². The lowest BCUT2D eigenvalue weighted by atomic mass is 9.84. The van der Waals surface area contributed by atoms with Gasteiger partial charge in [0.05, 0.1) is 0 Å². The summed E-state index contributed by atoms with van der Waals surface area (Å²) in [5.41, 5.74) is 6.42. The van der Waals surface area contributed by atoms with Crippen LogP contribution >= 0.6 is 0 Å². The van der Waals surface area contributed by atoms with Crippen molar-refractivity contribution >= 4 is 17.4 Å². The van der Waals surface area contributed by atoms with Crippen LogP contribution in [-0.4, -0.2) is 15.3 Å². The first-order valence-corrected chi connectivity index (χ1v) is 10.4. The molecule has 1 N–H and O–H groups in total. The number of imidazole rings is 1. The first-order chi connectivity index (χ1) is 13.5. The molecule has 154 valence electrons. The number of amides is 1. The van der Waals surface area contributed by atoms with Gasteiger partial charge >= 0.3 is 0 Å². The standard InChI is InChI=1S/C25H33N3O/c1-16-8-9-28-21(13-16)26-23(20-11-17(2)10-18(3)12-20)24(28)27-22(29)14-19(4)15-25(5,6)7/h8-13,19H,14-15H2,1-7H3,(H,27,29). The highest BCUT2D eigenvalue weighted by molar-refractivity contribution is 5.94. The number of rotatable bonds is 5. The van der Waals surface area contributed by atoms with Gasteiger partial charge < -0.3 is 5.32 Å². The van der Waals surface area contributed by atoms with Crippen LogP contribution < -0.4 is 5.32 Å². The molecular weight excluding hydrogens is 358 g/mol. The van der Waals surface area contributed by atoms with E-state index >= 15 is 0 Å². The first-order valence-electron chi connectivity index (χ1n) is 10.4. The zero-order valence-corrected chi connectivity index (χ0v) is 18.8. The highest BCUT2D eigenvalue weighted by Gasteiger charge is 2.21. The van der Waals surface area contributed by atoms with E-state index in [9.17, 15) is 4.79 Å². The summed E-state index contributed by atoms with van der Waals surface area (Å²) in [4.78, 5) is 17.7. The van der Waals surface area contributed by atoms with Gasteiger partial charge in [0, 0.05) is 18.2 Å². The predicted molar refractivity (Wildman–Crippen MR) is 121 cm³/mol. The fraction of sp³-hybridized carbons (Fsp3) is 0.440. The van der Waals surface area contributed by atoms with Crippen LogP contribution in [0.15, 0.2) is 36.5 Å². The van der Waals surface area contributed by atoms with E-state index in [0.717, 1.165) is 34.7 Å². The maximum atomic E-state index is 12.9. The summed E-state index contributed by atoms with van der Waals surface area (Å²) in [5, 5.41) is 3.17. The van der Waals surface area contributed by atoms with E-state index in [4.69, 9.17) is 4.98 Å². The lowest BCUT2D eigenvalue weighted by molar-refractivity contribution is -0.117. The number of anilines is 1. The van der Waals surface area contributed by atoms with E-state index < -0.39 is 0 Å². The summed E-state index contributed by atoms with van der Waals surface area (Å²) in [5.74, 6) is 1.11. The topological polar surface area (TPSA) is 46.4 Å². The molecule has 29 heavy (non-hydrogen) atoms. The largest absolute Gasteiger partial charge is 0.310 e. The van der Waals surface area contributed by atoms with Crippen molar-refractivity contribution in [3.05, 3.63) is 53.2 Å². The van der Waals surface area contributed by atoms with Crippen molar-refractivity contribution in [2.75, 3.05) is 5.32 Å². The quantitative estimate of drug-likeness (QED) is 0.552. The molecule has 0 saturated carbocycles. The second-order valence-electron chi connectivity index (χ2n) is 9.74. The number of hydrogen-bond donors (Lipinski definition) is 1. The zero-order valence-electron chi connectivity index (χ0n) is 18.8. The maximum Gasteiger partial charge on any atom is 0.225 e. The Hall–Kier alpha value is -2.62. The Morgan fingerprint density at radius 1 is 1.07 bits per heavy atom. The van der Waals surface area contributed by atoms with Crippen LogP contribution in [0.5, 0.6) is 0 Å². The predicted octanol–water partition coefficient (Wildman–Crippen LogP) is 6.33. The molecule has 0 aliphatic heterocycles. The Morgan fingerprint density at radius 3 is 2.34 bits per heavy atom. The normalized spacial score (nSPS) is 12.9. The number of carbonyl (C=O) groups excluding carboxylic acids is 1. The molecule has 2 aromatic heterocycles. The minimum atomic E-state index is 0.0368. The van der Waals surface area contributed by atoms with Gasteiger partial charge in [0.15, 0.2) is 0 Å². The molecule has 0 saturated heterocycles. The van der Waals surface area contributed by atoms with E-state index in [2.05, 4.69) is 72.0 Å². The Bertz CT molecular complexity index is 1020. The zero-order chi connectivity index (χ0) is 21.3. The van der Waals surface area contributed by atoms with E-state index in [1.54, 1.807) is 0 Å². The molecule has 0 fully saturated rings. The molecule has 0 bridgehead atoms. The smallest absolute Gasteiger partial charge is 0.225 e. The number of hydrogen-bond acceptors (Lipinski definition) is 2. The van der Waals surface area contributed by atoms with Crippen molar-refractivity contribution < 1.29 is 4.79 Å². The van der Waals surface area contributed by atoms with Crippen LogP contribution in [0, 0.1) is 32.1 Å². The van der Waals surface area contributed by atoms with Gasteiger partial charge in [-0.3, -0.25) is 9.20 Å². The fourth-order valence-electron chi connectivity index (χ4n) is 4.20. The Morgan fingerprint density at radius 2 is 1.72 bits per heavy atom. The van der Waals surface area contributed by atoms with E-state index in [1.165, 1.54) is 11.1 Å². The number of benzene rings is 1. The third-order valence-corrected chi connectivity index (χ3v) is 5.03. The molecule has 1 aromatic carbocycles. The summed E-state index contributed by atoms with van der Waals surface area (Å²) in [6.45, 7) is 15.0. The monoisotopic (exact) mass is 391 g/mol. The van der Waals surface area contributed by atoms with E-state index in [1.807, 2.05) is 22.7 Å². The molecule has 0 spiro atoms. The highest BCUT2D eigenvalue weighted by atomic mass is 16.1. The van der Waals surface area contributed by atoms with Crippen molar-refractivity contribution in [3.63, 3.8) is 0 Å². The minimum absolute atomic E-state index is 0.0368. The Labute approximate surface area is 174 Å². The number of aromatic nitrogens is 2. The molecule has 4 heteroatoms. The van der Waals surface area contributed by atoms with Crippen LogP contribution in [-0.2, 0) is 4.79 Å². The summed E-state index contributed by atoms with van der Waals surface area (Å²) >= 11 is 0. The van der Waals surface area contributed by atoms with Gasteiger partial charge in [-0.25, -0.2) is 4.98 Å². The average molecular weight is 392 g/mol. The van der Waals surface area contributed by atoms with Gasteiger partial charge in [-0.1, -0.05) is 44.9 Å². The van der Waals surface area contributed by atoms with Gasteiger partial charge in [0.2, 0.25) is 5.91 Å². The number of pyridine rings is 1.